The molecule has 3 nitrogen and oxygen atoms in total. The van der Waals surface area contributed by atoms with Gasteiger partial charge >= 0.3 is 0 Å². The zero-order valence-corrected chi connectivity index (χ0v) is 25.4. The molecule has 205 valence electrons. The molecule has 0 aliphatic carbocycles. The van der Waals surface area contributed by atoms with Crippen molar-refractivity contribution in [2.24, 2.45) is 0 Å². The van der Waals surface area contributed by atoms with Crippen LogP contribution in [0.4, 0.5) is 0 Å². The average molecular weight is 727 g/mol. The molecule has 0 unspecified atom stereocenters. The van der Waals surface area contributed by atoms with E-state index in [1.165, 1.54) is 38.3 Å². The summed E-state index contributed by atoms with van der Waals surface area (Å²) < 4.78 is 6.57. The van der Waals surface area contributed by atoms with Crippen LogP contribution in [0.1, 0.15) is 0 Å². The van der Waals surface area contributed by atoms with Gasteiger partial charge in [-0.2, -0.15) is 0 Å². The Balaban J connectivity index is 0.000000195. The van der Waals surface area contributed by atoms with Crippen LogP contribution >= 0.6 is 0 Å². The normalized spacial score (nSPS) is 11.7. The minimum absolute atomic E-state index is 0. The minimum Gasteiger partial charge on any atom is -0.503 e. The summed E-state index contributed by atoms with van der Waals surface area (Å²) in [7, 11) is 0. The molecule has 0 bridgehead atoms. The third-order valence-corrected chi connectivity index (χ3v) is 7.97. The second-order valence-corrected chi connectivity index (χ2v) is 10.3. The second-order valence-electron chi connectivity index (χ2n) is 10.3. The summed E-state index contributed by atoms with van der Waals surface area (Å²) in [4.78, 5) is 8.78. The Kier molecular flexibility index (Phi) is 7.20. The molecule has 2 aliphatic heterocycles. The monoisotopic (exact) mass is 727 g/mol. The van der Waals surface area contributed by atoms with Crippen molar-refractivity contribution < 1.29 is 24.8 Å². The van der Waals surface area contributed by atoms with Crippen molar-refractivity contribution in [1.29, 1.82) is 0 Å². The van der Waals surface area contributed by atoms with Gasteiger partial charge in [0.25, 0.3) is 0 Å². The zero-order valence-electron chi connectivity index (χ0n) is 23.0. The molecule has 5 heteroatoms. The Bertz CT molecular complexity index is 2030. The topological polar surface area (TPSA) is 35.0 Å². The summed E-state index contributed by atoms with van der Waals surface area (Å²) in [5.74, 6) is 1.79. The first-order chi connectivity index (χ1) is 20.9. The van der Waals surface area contributed by atoms with E-state index in [1.807, 2.05) is 72.9 Å². The molecule has 0 spiro atoms. The molecule has 43 heavy (non-hydrogen) atoms. The Morgan fingerprint density at radius 2 is 1.35 bits per heavy atom. The third kappa shape index (κ3) is 4.68. The van der Waals surface area contributed by atoms with E-state index in [0.717, 1.165) is 34.0 Å². The van der Waals surface area contributed by atoms with E-state index in [-0.39, 0.29) is 26.8 Å². The van der Waals surface area contributed by atoms with Crippen molar-refractivity contribution in [3.8, 4) is 45.1 Å². The molecule has 0 saturated heterocycles. The van der Waals surface area contributed by atoms with E-state index in [1.54, 1.807) is 6.20 Å². The van der Waals surface area contributed by atoms with Crippen LogP contribution in [0.15, 0.2) is 140 Å². The van der Waals surface area contributed by atoms with Crippen molar-refractivity contribution in [3.05, 3.63) is 152 Å². The molecular weight excluding hydrogens is 703 g/mol. The van der Waals surface area contributed by atoms with Crippen LogP contribution in [0.25, 0.3) is 44.4 Å². The molecule has 1 radical (unpaired) electrons. The first kappa shape index (κ1) is 27.0. The Morgan fingerprint density at radius 3 is 2.14 bits per heavy atom. The largest absolute Gasteiger partial charge is 0.503 e. The summed E-state index contributed by atoms with van der Waals surface area (Å²) in [6.45, 7) is 0.135. The Hall–Kier alpha value is -4.83. The SMILES string of the molecule is [Ir].[c-]1ccc2c(c1-c1ccccn1)Oc1ccc3cccc4c3c1B2c1ccccc1-4.[c-]1ccccc1-c1ccccn1. The van der Waals surface area contributed by atoms with Gasteiger partial charge in [-0.05, 0) is 56.9 Å². The Morgan fingerprint density at radius 1 is 0.581 bits per heavy atom. The second kappa shape index (κ2) is 11.5. The maximum atomic E-state index is 6.57. The van der Waals surface area contributed by atoms with Crippen LogP contribution in [-0.4, -0.2) is 16.7 Å². The van der Waals surface area contributed by atoms with Crippen LogP contribution in [-0.2, 0) is 20.1 Å². The summed E-state index contributed by atoms with van der Waals surface area (Å²) in [6, 6.07) is 49.9. The summed E-state index contributed by atoms with van der Waals surface area (Å²) >= 11 is 0. The van der Waals surface area contributed by atoms with Crippen LogP contribution < -0.4 is 21.1 Å². The molecule has 5 aromatic carbocycles. The molecule has 2 aromatic heterocycles. The van der Waals surface area contributed by atoms with Crippen molar-refractivity contribution >= 4 is 33.9 Å². The van der Waals surface area contributed by atoms with Gasteiger partial charge in [-0.3, -0.25) is 0 Å². The standard InChI is InChI=1S/C27H15BNO.C11H8N.Ir/c1-2-11-21-18(8-1)19-9-5-7-17-14-15-24-26(25(17)19)28(21)22-12-6-10-20(27(22)30-24)23-13-3-4-16-29-23;1-2-6-10(7-3-1)11-8-4-5-9-12-11;/h1-9,11-16H;1-6,8-9H;/q2*-1;. The zero-order chi connectivity index (χ0) is 27.9. The summed E-state index contributed by atoms with van der Waals surface area (Å²) in [5, 5.41) is 2.56. The van der Waals surface area contributed by atoms with Crippen molar-refractivity contribution in [2.45, 2.75) is 0 Å². The molecule has 0 fully saturated rings. The molecule has 0 amide bonds. The van der Waals surface area contributed by atoms with Gasteiger partial charge in [0.1, 0.15) is 5.75 Å². The van der Waals surface area contributed by atoms with Crippen LogP contribution in [0.3, 0.4) is 0 Å². The fraction of sp³-hybridized carbons (Fsp3) is 0. The maximum absolute atomic E-state index is 6.57. The van der Waals surface area contributed by atoms with Gasteiger partial charge in [0.15, 0.2) is 0 Å². The fourth-order valence-corrected chi connectivity index (χ4v) is 6.18. The average Bonchev–Trinajstić information content (AvgIpc) is 3.08. The first-order valence-electron chi connectivity index (χ1n) is 14.0. The number of aromatic nitrogens is 2. The van der Waals surface area contributed by atoms with Crippen LogP contribution in [0.2, 0.25) is 0 Å². The van der Waals surface area contributed by atoms with Gasteiger partial charge in [-0.25, -0.2) is 0 Å². The predicted octanol–water partition coefficient (Wildman–Crippen LogP) is 6.85. The van der Waals surface area contributed by atoms with Crippen LogP contribution in [0, 0.1) is 12.1 Å². The molecule has 9 rings (SSSR count). The van der Waals surface area contributed by atoms with Crippen molar-refractivity contribution in [3.63, 3.8) is 0 Å². The number of nitrogens with zero attached hydrogens (tertiary/aromatic N) is 2. The van der Waals surface area contributed by atoms with E-state index >= 15 is 0 Å². The van der Waals surface area contributed by atoms with Gasteiger partial charge < -0.3 is 14.7 Å². The first-order valence-corrected chi connectivity index (χ1v) is 14.0. The summed E-state index contributed by atoms with van der Waals surface area (Å²) in [5.41, 5.74) is 10.2. The molecule has 4 heterocycles. The molecule has 2 aliphatic rings. The number of hydrogen-bond donors (Lipinski definition) is 0. The Labute approximate surface area is 264 Å². The fourth-order valence-electron chi connectivity index (χ4n) is 6.18. The molecule has 0 saturated carbocycles. The van der Waals surface area contributed by atoms with Gasteiger partial charge in [-0.15, -0.1) is 59.6 Å². The van der Waals surface area contributed by atoms with E-state index in [9.17, 15) is 0 Å². The number of ether oxygens (including phenoxy) is 1. The molecule has 0 N–H and O–H groups in total. The summed E-state index contributed by atoms with van der Waals surface area (Å²) in [6.07, 6.45) is 3.60. The third-order valence-electron chi connectivity index (χ3n) is 7.97. The van der Waals surface area contributed by atoms with E-state index in [0.29, 0.717) is 0 Å². The van der Waals surface area contributed by atoms with Gasteiger partial charge in [0.2, 0.25) is 6.71 Å². The molecule has 7 aromatic rings. The number of rotatable bonds is 2. The van der Waals surface area contributed by atoms with Crippen molar-refractivity contribution in [2.75, 3.05) is 0 Å². The van der Waals surface area contributed by atoms with Gasteiger partial charge in [0, 0.05) is 38.2 Å². The maximum Gasteiger partial charge on any atom is 0.232 e. The quantitative estimate of drug-likeness (QED) is 0.145. The van der Waals surface area contributed by atoms with E-state index < -0.39 is 0 Å². The van der Waals surface area contributed by atoms with Gasteiger partial charge in [0.05, 0.1) is 0 Å². The minimum atomic E-state index is 0. The molecular formula is C38H23BIrN2O-2. The van der Waals surface area contributed by atoms with Crippen molar-refractivity contribution in [1.82, 2.24) is 9.97 Å². The van der Waals surface area contributed by atoms with E-state index in [4.69, 9.17) is 4.74 Å². The number of pyridine rings is 2. The molecule has 0 atom stereocenters. The van der Waals surface area contributed by atoms with Crippen LogP contribution in [0.5, 0.6) is 11.5 Å². The predicted molar refractivity (Wildman–Crippen MR) is 171 cm³/mol. The number of fused-ring (bicyclic) bond motifs is 5. The number of hydrogen-bond acceptors (Lipinski definition) is 3. The van der Waals surface area contributed by atoms with Gasteiger partial charge in [-0.1, -0.05) is 83.8 Å². The van der Waals surface area contributed by atoms with E-state index in [2.05, 4.69) is 82.8 Å². The smallest absolute Gasteiger partial charge is 0.232 e. The number of benzene rings is 5.